The fourth-order valence-electron chi connectivity index (χ4n) is 2.67. The number of hydrogen-bond donors (Lipinski definition) is 1. The summed E-state index contributed by atoms with van der Waals surface area (Å²) >= 11 is 0. The van der Waals surface area contributed by atoms with Crippen LogP contribution < -0.4 is 14.8 Å². The van der Waals surface area contributed by atoms with E-state index in [2.05, 4.69) is 10.3 Å². The maximum absolute atomic E-state index is 12.4. The smallest absolute Gasteiger partial charge is 0.232 e. The molecule has 2 rings (SSSR count). The van der Waals surface area contributed by atoms with Crippen LogP contribution >= 0.6 is 0 Å². The van der Waals surface area contributed by atoms with Gasteiger partial charge in [0.15, 0.2) is 11.5 Å². The number of oxazole rings is 1. The minimum absolute atomic E-state index is 0.0803. The number of rotatable bonds is 12. The molecule has 0 saturated heterocycles. The minimum Gasteiger partial charge on any atom is -0.493 e. The van der Waals surface area contributed by atoms with E-state index in [0.717, 1.165) is 0 Å². The Hall–Kier alpha value is -2.39. The molecular weight excluding hydrogens is 408 g/mol. The highest BCUT2D eigenvalue weighted by molar-refractivity contribution is 7.84. The summed E-state index contributed by atoms with van der Waals surface area (Å²) < 4.78 is 34.1. The Labute approximate surface area is 179 Å². The average molecular weight is 439 g/mol. The summed E-state index contributed by atoms with van der Waals surface area (Å²) in [5, 5.41) is 2.76. The largest absolute Gasteiger partial charge is 0.493 e. The molecule has 0 aliphatic carbocycles. The molecule has 1 aromatic heterocycles. The number of carbonyl (C=O) groups is 1. The highest BCUT2D eigenvalue weighted by atomic mass is 32.2. The summed E-state index contributed by atoms with van der Waals surface area (Å²) in [7, 11) is 1.73. The predicted molar refractivity (Wildman–Crippen MR) is 115 cm³/mol. The van der Waals surface area contributed by atoms with Gasteiger partial charge in [-0.25, -0.2) is 4.98 Å². The van der Waals surface area contributed by atoms with Crippen LogP contribution in [-0.4, -0.2) is 54.3 Å². The van der Waals surface area contributed by atoms with Gasteiger partial charge in [0, 0.05) is 29.5 Å². The standard InChI is InChI=1S/C21H30N2O6S/c1-14(2)28-10-6-9-22-20(24)13-30(25)12-17-15(3)29-21(23-17)16-7-8-18(26-4)19(11-16)27-5/h7-8,11,14H,6,9-10,12-13H2,1-5H3,(H,22,24). The number of aryl methyl sites for hydroxylation is 1. The number of hydrogen-bond acceptors (Lipinski definition) is 7. The van der Waals surface area contributed by atoms with Gasteiger partial charge in [-0.3, -0.25) is 9.00 Å². The number of aromatic nitrogens is 1. The predicted octanol–water partition coefficient (Wildman–Crippen LogP) is 2.85. The molecule has 0 radical (unpaired) electrons. The van der Waals surface area contributed by atoms with Crippen molar-refractivity contribution in [3.63, 3.8) is 0 Å². The number of benzene rings is 1. The van der Waals surface area contributed by atoms with Crippen LogP contribution in [0.5, 0.6) is 11.5 Å². The molecule has 1 amide bonds. The Bertz CT molecular complexity index is 865. The zero-order valence-corrected chi connectivity index (χ0v) is 19.0. The molecule has 0 spiro atoms. The number of amides is 1. The van der Waals surface area contributed by atoms with Gasteiger partial charge in [-0.05, 0) is 45.4 Å². The summed E-state index contributed by atoms with van der Waals surface area (Å²) in [6.07, 6.45) is 0.885. The van der Waals surface area contributed by atoms with E-state index in [1.807, 2.05) is 19.9 Å². The summed E-state index contributed by atoms with van der Waals surface area (Å²) in [5.41, 5.74) is 1.28. The van der Waals surface area contributed by atoms with Crippen LogP contribution in [0, 0.1) is 6.92 Å². The van der Waals surface area contributed by atoms with Crippen LogP contribution in [0.2, 0.25) is 0 Å². The van der Waals surface area contributed by atoms with E-state index < -0.39 is 10.8 Å². The van der Waals surface area contributed by atoms with Crippen LogP contribution in [0.3, 0.4) is 0 Å². The van der Waals surface area contributed by atoms with Gasteiger partial charge in [-0.15, -0.1) is 0 Å². The van der Waals surface area contributed by atoms with Gasteiger partial charge in [0.25, 0.3) is 0 Å². The molecule has 166 valence electrons. The summed E-state index contributed by atoms with van der Waals surface area (Å²) in [6, 6.07) is 5.34. The lowest BCUT2D eigenvalue weighted by atomic mass is 10.2. The second kappa shape index (κ2) is 11.7. The van der Waals surface area contributed by atoms with Gasteiger partial charge in [0.1, 0.15) is 11.5 Å². The van der Waals surface area contributed by atoms with Crippen LogP contribution in [0.15, 0.2) is 22.6 Å². The first-order valence-electron chi connectivity index (χ1n) is 9.76. The Morgan fingerprint density at radius 2 is 1.97 bits per heavy atom. The SMILES string of the molecule is COc1ccc(-c2nc(CS(=O)CC(=O)NCCCOC(C)C)c(C)o2)cc1OC. The second-order valence-electron chi connectivity index (χ2n) is 6.94. The molecule has 1 aromatic carbocycles. The van der Waals surface area contributed by atoms with Gasteiger partial charge >= 0.3 is 0 Å². The zero-order valence-electron chi connectivity index (χ0n) is 18.1. The molecule has 0 aliphatic heterocycles. The molecule has 1 unspecified atom stereocenters. The minimum atomic E-state index is -1.39. The van der Waals surface area contributed by atoms with Crippen molar-refractivity contribution in [2.24, 2.45) is 0 Å². The van der Waals surface area contributed by atoms with Crippen molar-refractivity contribution < 1.29 is 27.6 Å². The third-order valence-corrected chi connectivity index (χ3v) is 5.39. The normalized spacial score (nSPS) is 12.1. The molecule has 1 atom stereocenters. The Kier molecular flexibility index (Phi) is 9.32. The number of methoxy groups -OCH3 is 2. The van der Waals surface area contributed by atoms with E-state index in [4.69, 9.17) is 18.6 Å². The van der Waals surface area contributed by atoms with Crippen LogP contribution in [0.4, 0.5) is 0 Å². The van der Waals surface area contributed by atoms with E-state index in [1.54, 1.807) is 33.3 Å². The number of nitrogens with zero attached hydrogens (tertiary/aromatic N) is 1. The van der Waals surface area contributed by atoms with E-state index in [-0.39, 0.29) is 23.5 Å². The molecule has 0 aliphatic rings. The highest BCUT2D eigenvalue weighted by Crippen LogP contribution is 2.32. The summed E-state index contributed by atoms with van der Waals surface area (Å²) in [4.78, 5) is 16.4. The van der Waals surface area contributed by atoms with Crippen molar-refractivity contribution in [3.05, 3.63) is 29.7 Å². The third kappa shape index (κ3) is 7.14. The molecule has 0 bridgehead atoms. The van der Waals surface area contributed by atoms with Crippen LogP contribution in [0.25, 0.3) is 11.5 Å². The topological polar surface area (TPSA) is 99.9 Å². The lowest BCUT2D eigenvalue weighted by molar-refractivity contribution is -0.118. The van der Waals surface area contributed by atoms with Crippen LogP contribution in [0.1, 0.15) is 31.7 Å². The first kappa shape index (κ1) is 23.9. The molecule has 8 nitrogen and oxygen atoms in total. The molecule has 9 heteroatoms. The maximum Gasteiger partial charge on any atom is 0.232 e. The number of carbonyl (C=O) groups excluding carboxylic acids is 1. The third-order valence-electron chi connectivity index (χ3n) is 4.21. The molecule has 1 heterocycles. The van der Waals surface area contributed by atoms with E-state index in [9.17, 15) is 9.00 Å². The van der Waals surface area contributed by atoms with Crippen molar-refractivity contribution in [2.45, 2.75) is 39.0 Å². The Balaban J connectivity index is 1.91. The van der Waals surface area contributed by atoms with Crippen molar-refractivity contribution >= 4 is 16.7 Å². The van der Waals surface area contributed by atoms with Gasteiger partial charge in [0.2, 0.25) is 11.8 Å². The Morgan fingerprint density at radius 1 is 1.23 bits per heavy atom. The first-order chi connectivity index (χ1) is 14.3. The van der Waals surface area contributed by atoms with E-state index in [1.165, 1.54) is 0 Å². The average Bonchev–Trinajstić information content (AvgIpc) is 3.06. The monoisotopic (exact) mass is 438 g/mol. The quantitative estimate of drug-likeness (QED) is 0.509. The van der Waals surface area contributed by atoms with Crippen molar-refractivity contribution in [3.8, 4) is 23.0 Å². The fourth-order valence-corrected chi connectivity index (χ4v) is 3.74. The number of ether oxygens (including phenoxy) is 3. The van der Waals surface area contributed by atoms with Gasteiger partial charge < -0.3 is 23.9 Å². The lowest BCUT2D eigenvalue weighted by Gasteiger charge is -2.08. The van der Waals surface area contributed by atoms with Gasteiger partial charge in [0.05, 0.1) is 31.8 Å². The zero-order chi connectivity index (χ0) is 22.1. The van der Waals surface area contributed by atoms with E-state index in [0.29, 0.717) is 54.0 Å². The maximum atomic E-state index is 12.4. The van der Waals surface area contributed by atoms with Crippen molar-refractivity contribution in [2.75, 3.05) is 33.1 Å². The molecule has 0 fully saturated rings. The highest BCUT2D eigenvalue weighted by Gasteiger charge is 2.17. The van der Waals surface area contributed by atoms with Crippen molar-refractivity contribution in [1.29, 1.82) is 0 Å². The molecule has 1 N–H and O–H groups in total. The molecule has 0 saturated carbocycles. The van der Waals surface area contributed by atoms with E-state index >= 15 is 0 Å². The fraction of sp³-hybridized carbons (Fsp3) is 0.524. The lowest BCUT2D eigenvalue weighted by Crippen LogP contribution is -2.30. The van der Waals surface area contributed by atoms with Crippen molar-refractivity contribution in [1.82, 2.24) is 10.3 Å². The van der Waals surface area contributed by atoms with Crippen LogP contribution in [-0.2, 0) is 26.1 Å². The second-order valence-corrected chi connectivity index (χ2v) is 8.40. The van der Waals surface area contributed by atoms with Gasteiger partial charge in [-0.2, -0.15) is 0 Å². The molecule has 2 aromatic rings. The number of nitrogens with one attached hydrogen (secondary N) is 1. The summed E-state index contributed by atoms with van der Waals surface area (Å²) in [5.74, 6) is 1.95. The van der Waals surface area contributed by atoms with Gasteiger partial charge in [-0.1, -0.05) is 0 Å². The summed E-state index contributed by atoms with van der Waals surface area (Å²) in [6.45, 7) is 6.76. The first-order valence-corrected chi connectivity index (χ1v) is 11.2. The molecular formula is C21H30N2O6S. The molecule has 30 heavy (non-hydrogen) atoms. The Morgan fingerprint density at radius 3 is 2.63 bits per heavy atom.